The van der Waals surface area contributed by atoms with Gasteiger partial charge in [0.1, 0.15) is 0 Å². The highest BCUT2D eigenvalue weighted by Crippen LogP contribution is 2.41. The number of halogens is 3. The van der Waals surface area contributed by atoms with Gasteiger partial charge in [-0.1, -0.05) is 24.0 Å². The summed E-state index contributed by atoms with van der Waals surface area (Å²) < 4.78 is 50.5. The van der Waals surface area contributed by atoms with Crippen LogP contribution in [-0.2, 0) is 10.9 Å². The van der Waals surface area contributed by atoms with Crippen LogP contribution in [0.1, 0.15) is 31.4 Å². The van der Waals surface area contributed by atoms with E-state index in [2.05, 4.69) is 32.4 Å². The molecule has 2 aromatic heterocycles. The van der Waals surface area contributed by atoms with Crippen LogP contribution in [0.3, 0.4) is 0 Å². The van der Waals surface area contributed by atoms with E-state index in [1.54, 1.807) is 41.3 Å². The third-order valence-corrected chi connectivity index (χ3v) is 7.45. The Morgan fingerprint density at radius 2 is 1.96 bits per heavy atom. The zero-order chi connectivity index (χ0) is 33.3. The number of hydrogen-bond acceptors (Lipinski definition) is 8. The fraction of sp³-hybridized carbons (Fsp3) is 0.273. The summed E-state index contributed by atoms with van der Waals surface area (Å²) in [6.45, 7) is 3.85. The van der Waals surface area contributed by atoms with E-state index in [0.29, 0.717) is 59.3 Å². The Labute approximate surface area is 267 Å². The Bertz CT molecular complexity index is 1880. The number of pyridine rings is 1. The summed E-state index contributed by atoms with van der Waals surface area (Å²) in [6.07, 6.45) is -1.88. The van der Waals surface area contributed by atoms with Crippen molar-refractivity contribution in [2.75, 3.05) is 34.8 Å². The minimum atomic E-state index is -4.51. The number of ether oxygens (including phenoxy) is 1. The number of aromatic nitrogens is 2. The van der Waals surface area contributed by atoms with Gasteiger partial charge >= 0.3 is 18.3 Å². The van der Waals surface area contributed by atoms with Gasteiger partial charge in [0, 0.05) is 49.3 Å². The van der Waals surface area contributed by atoms with Crippen molar-refractivity contribution in [2.24, 2.45) is 0 Å². The van der Waals surface area contributed by atoms with Crippen molar-refractivity contribution in [1.29, 1.82) is 0 Å². The van der Waals surface area contributed by atoms with E-state index in [1.165, 1.54) is 32.5 Å². The van der Waals surface area contributed by atoms with Gasteiger partial charge in [-0.05, 0) is 48.9 Å². The molecule has 0 unspecified atom stereocenters. The lowest BCUT2D eigenvalue weighted by atomic mass is 10.1. The molecule has 0 aliphatic carbocycles. The van der Waals surface area contributed by atoms with Crippen molar-refractivity contribution in [3.8, 4) is 34.4 Å². The zero-order valence-electron chi connectivity index (χ0n) is 25.3. The van der Waals surface area contributed by atoms with Gasteiger partial charge in [-0.3, -0.25) is 4.90 Å². The van der Waals surface area contributed by atoms with E-state index in [-0.39, 0.29) is 18.2 Å². The molecule has 3 N–H and O–H groups in total. The predicted octanol–water partition coefficient (Wildman–Crippen LogP) is 5.86. The van der Waals surface area contributed by atoms with E-state index in [1.807, 2.05) is 0 Å². The fourth-order valence-corrected chi connectivity index (χ4v) is 5.47. The number of oxazole rings is 1. The largest absolute Gasteiger partial charge is 0.444 e. The van der Waals surface area contributed by atoms with E-state index < -0.39 is 29.7 Å². The summed E-state index contributed by atoms with van der Waals surface area (Å²) >= 11 is 0. The minimum absolute atomic E-state index is 0.0776. The van der Waals surface area contributed by atoms with Crippen LogP contribution in [0.15, 0.2) is 71.6 Å². The van der Waals surface area contributed by atoms with E-state index >= 15 is 0 Å². The number of carbonyl (C=O) groups excluding carboxylic acids is 2. The SMILES string of the molecule is CC(C)(O)OC(=O)NCC#Cc1cc(NC(=O)N2c3nc(-c4cccc(C(F)(F)F)c4)ccc3N3CC[C@H]2C3)cc(-c2cnco2)c1. The monoisotopic (exact) mass is 646 g/mol. The quantitative estimate of drug-likeness (QED) is 0.182. The number of rotatable bonds is 5. The van der Waals surface area contributed by atoms with Crippen molar-refractivity contribution in [2.45, 2.75) is 38.3 Å². The van der Waals surface area contributed by atoms with Gasteiger partial charge < -0.3 is 29.8 Å². The van der Waals surface area contributed by atoms with Crippen LogP contribution in [0.2, 0.25) is 0 Å². The molecule has 14 heteroatoms. The first kappa shape index (κ1) is 31.4. The zero-order valence-corrected chi connectivity index (χ0v) is 25.3. The summed E-state index contributed by atoms with van der Waals surface area (Å²) in [5.74, 6) is 4.87. The highest BCUT2D eigenvalue weighted by Gasteiger charge is 2.40. The van der Waals surface area contributed by atoms with Crippen LogP contribution >= 0.6 is 0 Å². The number of alkyl carbamates (subject to hydrolysis) is 1. The number of benzene rings is 2. The standard InChI is InChI=1S/C33H29F3N6O5/c1-32(2,45)47-31(44)38-11-4-5-20-13-22(28-17-37-19-46-28)16-24(14-20)39-30(43)42-25-10-12-41(18-25)27-9-8-26(40-29(27)42)21-6-3-7-23(15-21)33(34,35)36/h3,6-9,13-17,19,25,45H,10-12,18H2,1-2H3,(H,38,44)(H,39,43)/t25-/m0/s1. The summed E-state index contributed by atoms with van der Waals surface area (Å²) in [4.78, 5) is 38.1. The Balaban J connectivity index is 1.28. The number of fused-ring (bicyclic) bond motifs is 4. The molecule has 47 heavy (non-hydrogen) atoms. The maximum Gasteiger partial charge on any atom is 0.416 e. The number of anilines is 3. The van der Waals surface area contributed by atoms with Crippen LogP contribution < -0.4 is 20.4 Å². The van der Waals surface area contributed by atoms with Crippen LogP contribution in [0, 0.1) is 11.8 Å². The van der Waals surface area contributed by atoms with Gasteiger partial charge in [0.25, 0.3) is 0 Å². The molecule has 0 saturated carbocycles. The molecule has 2 aliphatic rings. The lowest BCUT2D eigenvalue weighted by Gasteiger charge is -2.36. The molecule has 0 radical (unpaired) electrons. The summed E-state index contributed by atoms with van der Waals surface area (Å²) in [6, 6.07) is 12.8. The second kappa shape index (κ2) is 12.3. The lowest BCUT2D eigenvalue weighted by Crippen LogP contribution is -2.48. The Kier molecular flexibility index (Phi) is 8.25. The normalized spacial score (nSPS) is 15.4. The van der Waals surface area contributed by atoms with Crippen molar-refractivity contribution in [1.82, 2.24) is 15.3 Å². The van der Waals surface area contributed by atoms with Crippen molar-refractivity contribution in [3.05, 3.63) is 78.3 Å². The average Bonchev–Trinajstić information content (AvgIpc) is 3.70. The maximum atomic E-state index is 14.0. The van der Waals surface area contributed by atoms with E-state index in [0.717, 1.165) is 12.1 Å². The molecule has 11 nitrogen and oxygen atoms in total. The van der Waals surface area contributed by atoms with Crippen LogP contribution in [-0.4, -0.2) is 58.7 Å². The molecule has 1 atom stereocenters. The molecule has 4 heterocycles. The number of alkyl halides is 3. The smallest absolute Gasteiger partial charge is 0.416 e. The number of nitrogens with one attached hydrogen (secondary N) is 2. The number of hydrogen-bond donors (Lipinski definition) is 3. The molecule has 6 rings (SSSR count). The number of urea groups is 1. The van der Waals surface area contributed by atoms with Gasteiger partial charge in [-0.2, -0.15) is 13.2 Å². The van der Waals surface area contributed by atoms with Gasteiger partial charge in [0.2, 0.25) is 5.79 Å². The number of aliphatic hydroxyl groups is 1. The first-order chi connectivity index (χ1) is 22.3. The highest BCUT2D eigenvalue weighted by atomic mass is 19.4. The van der Waals surface area contributed by atoms with Crippen LogP contribution in [0.4, 0.5) is 40.0 Å². The Morgan fingerprint density at radius 3 is 2.70 bits per heavy atom. The second-order valence-corrected chi connectivity index (χ2v) is 11.5. The maximum absolute atomic E-state index is 14.0. The fourth-order valence-electron chi connectivity index (χ4n) is 5.47. The average molecular weight is 647 g/mol. The van der Waals surface area contributed by atoms with Gasteiger partial charge in [-0.25, -0.2) is 19.6 Å². The summed E-state index contributed by atoms with van der Waals surface area (Å²) in [7, 11) is 0. The first-order valence-electron chi connectivity index (χ1n) is 14.6. The molecule has 4 aromatic rings. The van der Waals surface area contributed by atoms with Crippen molar-refractivity contribution in [3.63, 3.8) is 0 Å². The molecular formula is C33H29F3N6O5. The van der Waals surface area contributed by atoms with E-state index in [4.69, 9.17) is 14.1 Å². The predicted molar refractivity (Wildman–Crippen MR) is 166 cm³/mol. The molecular weight excluding hydrogens is 617 g/mol. The van der Waals surface area contributed by atoms with E-state index in [9.17, 15) is 27.9 Å². The number of amides is 3. The molecule has 2 aliphatic heterocycles. The molecule has 1 saturated heterocycles. The topological polar surface area (TPSA) is 133 Å². The number of carbonyl (C=O) groups is 2. The third kappa shape index (κ3) is 7.15. The summed E-state index contributed by atoms with van der Waals surface area (Å²) in [5.41, 5.74) is 1.96. The minimum Gasteiger partial charge on any atom is -0.444 e. The van der Waals surface area contributed by atoms with Gasteiger partial charge in [0.05, 0.1) is 35.7 Å². The molecule has 0 spiro atoms. The van der Waals surface area contributed by atoms with Crippen molar-refractivity contribution < 1.29 is 37.0 Å². The summed E-state index contributed by atoms with van der Waals surface area (Å²) in [5, 5.41) is 15.0. The molecule has 1 fully saturated rings. The van der Waals surface area contributed by atoms with Gasteiger partial charge in [-0.15, -0.1) is 0 Å². The highest BCUT2D eigenvalue weighted by molar-refractivity contribution is 6.05. The van der Waals surface area contributed by atoms with Crippen LogP contribution in [0.25, 0.3) is 22.6 Å². The van der Waals surface area contributed by atoms with Crippen molar-refractivity contribution >= 4 is 29.3 Å². The molecule has 3 amide bonds. The lowest BCUT2D eigenvalue weighted by molar-refractivity contribution is -0.137. The molecule has 2 bridgehead atoms. The molecule has 242 valence electrons. The van der Waals surface area contributed by atoms with Gasteiger partial charge in [0.15, 0.2) is 18.0 Å². The third-order valence-electron chi connectivity index (χ3n) is 7.45. The Morgan fingerprint density at radius 1 is 1.13 bits per heavy atom. The van der Waals surface area contributed by atoms with Crippen LogP contribution in [0.5, 0.6) is 0 Å². The Hall–Kier alpha value is -5.55. The number of nitrogens with zero attached hydrogens (tertiary/aromatic N) is 4. The molecule has 2 aromatic carbocycles. The second-order valence-electron chi connectivity index (χ2n) is 11.5. The first-order valence-corrected chi connectivity index (χ1v) is 14.6.